The maximum absolute atomic E-state index is 12.6. The molecular weight excluding hydrogens is 347 g/mol. The smallest absolute Gasteiger partial charge is 0.416 e. The van der Waals surface area contributed by atoms with E-state index >= 15 is 0 Å². The van der Waals surface area contributed by atoms with Crippen molar-refractivity contribution in [2.75, 3.05) is 13.6 Å². The number of hydrogen-bond acceptors (Lipinski definition) is 3. The van der Waals surface area contributed by atoms with Crippen LogP contribution in [0.4, 0.5) is 13.2 Å². The van der Waals surface area contributed by atoms with Crippen LogP contribution in [-0.2, 0) is 12.7 Å². The van der Waals surface area contributed by atoms with E-state index in [4.69, 9.17) is 4.74 Å². The molecule has 2 aromatic rings. The van der Waals surface area contributed by atoms with Gasteiger partial charge in [0.25, 0.3) is 0 Å². The van der Waals surface area contributed by atoms with Gasteiger partial charge in [-0.15, -0.1) is 23.7 Å². The first-order valence-corrected chi connectivity index (χ1v) is 7.90. The van der Waals surface area contributed by atoms with Gasteiger partial charge in [0.1, 0.15) is 11.9 Å². The highest BCUT2D eigenvalue weighted by atomic mass is 35.5. The second-order valence-corrected chi connectivity index (χ2v) is 6.45. The molecular formula is C16H17ClF3NOS. The Morgan fingerprint density at radius 2 is 1.87 bits per heavy atom. The molecule has 1 atom stereocenters. The first kappa shape index (κ1) is 18.1. The Kier molecular flexibility index (Phi) is 5.60. The van der Waals surface area contributed by atoms with Crippen LogP contribution in [0.15, 0.2) is 35.7 Å². The summed E-state index contributed by atoms with van der Waals surface area (Å²) in [7, 11) is 2.06. The van der Waals surface area contributed by atoms with E-state index < -0.39 is 11.7 Å². The Bertz CT molecular complexity index is 642. The van der Waals surface area contributed by atoms with Gasteiger partial charge in [-0.05, 0) is 42.8 Å². The van der Waals surface area contributed by atoms with Gasteiger partial charge in [-0.2, -0.15) is 13.2 Å². The van der Waals surface area contributed by atoms with Crippen LogP contribution in [0.5, 0.6) is 5.75 Å². The summed E-state index contributed by atoms with van der Waals surface area (Å²) in [5, 5.41) is 2.03. The lowest BCUT2D eigenvalue weighted by molar-refractivity contribution is -0.137. The average molecular weight is 364 g/mol. The number of fused-ring (bicyclic) bond motifs is 1. The highest BCUT2D eigenvalue weighted by molar-refractivity contribution is 7.10. The highest BCUT2D eigenvalue weighted by Crippen LogP contribution is 2.35. The first-order valence-electron chi connectivity index (χ1n) is 7.02. The molecule has 0 saturated carbocycles. The number of rotatable bonds is 2. The zero-order valence-corrected chi connectivity index (χ0v) is 14.1. The minimum Gasteiger partial charge on any atom is -0.486 e. The normalized spacial score (nSPS) is 18.7. The summed E-state index contributed by atoms with van der Waals surface area (Å²) in [6.45, 7) is 1.78. The zero-order chi connectivity index (χ0) is 15.7. The topological polar surface area (TPSA) is 12.5 Å². The average Bonchev–Trinajstić information content (AvgIpc) is 2.85. The number of hydrogen-bond donors (Lipinski definition) is 0. The predicted octanol–water partition coefficient (Wildman–Crippen LogP) is 5.14. The molecule has 1 aromatic carbocycles. The monoisotopic (exact) mass is 363 g/mol. The van der Waals surface area contributed by atoms with E-state index in [-0.39, 0.29) is 18.5 Å². The molecule has 1 aliphatic heterocycles. The van der Waals surface area contributed by atoms with Crippen LogP contribution in [0.3, 0.4) is 0 Å². The number of benzene rings is 1. The van der Waals surface area contributed by atoms with E-state index in [1.165, 1.54) is 17.0 Å². The van der Waals surface area contributed by atoms with Crippen LogP contribution < -0.4 is 4.74 Å². The van der Waals surface area contributed by atoms with Crippen molar-refractivity contribution in [1.82, 2.24) is 4.90 Å². The first-order chi connectivity index (χ1) is 10.4. The molecule has 23 heavy (non-hydrogen) atoms. The van der Waals surface area contributed by atoms with E-state index in [1.54, 1.807) is 11.3 Å². The third-order valence-corrected chi connectivity index (χ3v) is 4.69. The Morgan fingerprint density at radius 1 is 1.17 bits per heavy atom. The van der Waals surface area contributed by atoms with E-state index in [0.29, 0.717) is 5.75 Å². The van der Waals surface area contributed by atoms with Crippen molar-refractivity contribution in [1.29, 1.82) is 0 Å². The van der Waals surface area contributed by atoms with Crippen LogP contribution in [0.25, 0.3) is 0 Å². The van der Waals surface area contributed by atoms with Gasteiger partial charge < -0.3 is 9.64 Å². The summed E-state index contributed by atoms with van der Waals surface area (Å²) in [4.78, 5) is 3.49. The molecule has 0 fully saturated rings. The number of thiophene rings is 1. The highest BCUT2D eigenvalue weighted by Gasteiger charge is 2.30. The standard InChI is InChI=1S/C16H16F3NOS.ClH/c1-20-8-6-14(13-7-9-22-15(13)10-20)21-12-4-2-11(3-5-12)16(17,18)19;/h2-5,7,9,14H,6,8,10H2,1H3;1H. The molecule has 1 unspecified atom stereocenters. The molecule has 0 amide bonds. The molecule has 0 aliphatic carbocycles. The molecule has 0 spiro atoms. The summed E-state index contributed by atoms with van der Waals surface area (Å²) in [5.41, 5.74) is 0.492. The van der Waals surface area contributed by atoms with Gasteiger partial charge in [-0.1, -0.05) is 0 Å². The molecule has 126 valence electrons. The maximum atomic E-state index is 12.6. The van der Waals surface area contributed by atoms with Crippen molar-refractivity contribution in [2.24, 2.45) is 0 Å². The summed E-state index contributed by atoms with van der Waals surface area (Å²) >= 11 is 1.69. The minimum absolute atomic E-state index is 0. The number of halogens is 4. The molecule has 0 saturated heterocycles. The molecule has 3 rings (SSSR count). The fraction of sp³-hybridized carbons (Fsp3) is 0.375. The molecule has 1 aliphatic rings. The lowest BCUT2D eigenvalue weighted by Crippen LogP contribution is -2.18. The second kappa shape index (κ2) is 7.11. The van der Waals surface area contributed by atoms with Gasteiger partial charge in [0.15, 0.2) is 0 Å². The summed E-state index contributed by atoms with van der Waals surface area (Å²) in [6, 6.07) is 6.96. The molecule has 0 radical (unpaired) electrons. The Labute approximate surface area is 143 Å². The van der Waals surface area contributed by atoms with Crippen molar-refractivity contribution in [3.8, 4) is 5.75 Å². The maximum Gasteiger partial charge on any atom is 0.416 e. The fourth-order valence-corrected chi connectivity index (χ4v) is 3.60. The predicted molar refractivity (Wildman–Crippen MR) is 87.3 cm³/mol. The molecule has 1 aromatic heterocycles. The molecule has 7 heteroatoms. The third kappa shape index (κ3) is 4.19. The van der Waals surface area contributed by atoms with Crippen molar-refractivity contribution in [3.63, 3.8) is 0 Å². The minimum atomic E-state index is -4.32. The van der Waals surface area contributed by atoms with Crippen molar-refractivity contribution >= 4 is 23.7 Å². The quantitative estimate of drug-likeness (QED) is 0.732. The summed E-state index contributed by atoms with van der Waals surface area (Å²) < 4.78 is 43.7. The van der Waals surface area contributed by atoms with Crippen LogP contribution in [0.1, 0.15) is 28.5 Å². The van der Waals surface area contributed by atoms with Crippen LogP contribution in [0, 0.1) is 0 Å². The van der Waals surface area contributed by atoms with E-state index in [2.05, 4.69) is 11.9 Å². The number of nitrogens with zero attached hydrogens (tertiary/aromatic N) is 1. The molecule has 2 heterocycles. The Hall–Kier alpha value is -1.24. The Morgan fingerprint density at radius 3 is 2.52 bits per heavy atom. The molecule has 2 nitrogen and oxygen atoms in total. The van der Waals surface area contributed by atoms with Crippen molar-refractivity contribution < 1.29 is 17.9 Å². The van der Waals surface area contributed by atoms with Gasteiger partial charge in [0, 0.05) is 30.0 Å². The van der Waals surface area contributed by atoms with Gasteiger partial charge in [-0.3, -0.25) is 0 Å². The van der Waals surface area contributed by atoms with E-state index in [0.717, 1.165) is 37.2 Å². The van der Waals surface area contributed by atoms with Crippen LogP contribution >= 0.6 is 23.7 Å². The van der Waals surface area contributed by atoms with Gasteiger partial charge in [-0.25, -0.2) is 0 Å². The second-order valence-electron chi connectivity index (χ2n) is 5.45. The van der Waals surface area contributed by atoms with Crippen molar-refractivity contribution in [2.45, 2.75) is 25.2 Å². The lowest BCUT2D eigenvalue weighted by Gasteiger charge is -2.18. The van der Waals surface area contributed by atoms with E-state index in [1.807, 2.05) is 11.4 Å². The number of ether oxygens (including phenoxy) is 1. The van der Waals surface area contributed by atoms with E-state index in [9.17, 15) is 13.2 Å². The van der Waals surface area contributed by atoms with Gasteiger partial charge in [0.05, 0.1) is 5.56 Å². The summed E-state index contributed by atoms with van der Waals surface area (Å²) in [6.07, 6.45) is -3.60. The molecule has 0 bridgehead atoms. The van der Waals surface area contributed by atoms with Gasteiger partial charge in [0.2, 0.25) is 0 Å². The largest absolute Gasteiger partial charge is 0.486 e. The number of alkyl halides is 3. The summed E-state index contributed by atoms with van der Waals surface area (Å²) in [5.74, 6) is 0.472. The van der Waals surface area contributed by atoms with Crippen molar-refractivity contribution in [3.05, 3.63) is 51.7 Å². The van der Waals surface area contributed by atoms with Gasteiger partial charge >= 0.3 is 6.18 Å². The Balaban J connectivity index is 0.00000192. The zero-order valence-electron chi connectivity index (χ0n) is 12.5. The van der Waals surface area contributed by atoms with Crippen LogP contribution in [-0.4, -0.2) is 18.5 Å². The SMILES string of the molecule is CN1CCC(Oc2ccc(C(F)(F)F)cc2)c2ccsc2C1.Cl. The lowest BCUT2D eigenvalue weighted by atomic mass is 10.1. The molecule has 0 N–H and O–H groups in total. The third-order valence-electron chi connectivity index (χ3n) is 3.77. The fourth-order valence-electron chi connectivity index (χ4n) is 2.59. The van der Waals surface area contributed by atoms with Crippen LogP contribution in [0.2, 0.25) is 0 Å².